The molecule has 0 aliphatic heterocycles. The third-order valence-corrected chi connectivity index (χ3v) is 4.91. The minimum absolute atomic E-state index is 0.000713. The van der Waals surface area contributed by atoms with Gasteiger partial charge in [-0.2, -0.15) is 0 Å². The number of benzene rings is 2. The number of carboxylic acid groups (broad SMARTS) is 1. The number of hydrogen-bond donors (Lipinski definition) is 3. The lowest BCUT2D eigenvalue weighted by Crippen LogP contribution is -2.37. The van der Waals surface area contributed by atoms with Gasteiger partial charge >= 0.3 is 5.97 Å². The third kappa shape index (κ3) is 6.02. The Hall–Kier alpha value is -1.97. The van der Waals surface area contributed by atoms with Crippen LogP contribution < -0.4 is 15.4 Å². The molecular weight excluding hydrogens is 500 g/mol. The second-order valence-corrected chi connectivity index (χ2v) is 7.83. The Morgan fingerprint density at radius 1 is 1.15 bits per heavy atom. The first-order valence-corrected chi connectivity index (χ1v) is 9.70. The van der Waals surface area contributed by atoms with Gasteiger partial charge in [0.05, 0.1) is 11.3 Å². The fourth-order valence-corrected chi connectivity index (χ4v) is 3.67. The summed E-state index contributed by atoms with van der Waals surface area (Å²) in [4.78, 5) is 23.4. The summed E-state index contributed by atoms with van der Waals surface area (Å²) in [7, 11) is 0. The van der Waals surface area contributed by atoms with Crippen LogP contribution in [0.3, 0.4) is 0 Å². The molecule has 27 heavy (non-hydrogen) atoms. The SMILES string of the molecule is Cc1ccc(OCC(=O)NC(=S)Nc2c(Br)cc(Br)cc2C(=O)O)cc1C. The molecule has 9 heteroatoms. The lowest BCUT2D eigenvalue weighted by Gasteiger charge is -2.14. The number of carbonyl (C=O) groups is 2. The van der Waals surface area contributed by atoms with Crippen molar-refractivity contribution in [1.82, 2.24) is 5.32 Å². The summed E-state index contributed by atoms with van der Waals surface area (Å²) in [5.41, 5.74) is 2.43. The van der Waals surface area contributed by atoms with Crippen LogP contribution in [0.2, 0.25) is 0 Å². The minimum atomic E-state index is -1.13. The van der Waals surface area contributed by atoms with Gasteiger partial charge in [0.2, 0.25) is 0 Å². The van der Waals surface area contributed by atoms with Gasteiger partial charge in [-0.05, 0) is 77.4 Å². The van der Waals surface area contributed by atoms with Crippen molar-refractivity contribution in [1.29, 1.82) is 0 Å². The fraction of sp³-hybridized carbons (Fsp3) is 0.167. The van der Waals surface area contributed by atoms with E-state index in [1.54, 1.807) is 12.1 Å². The van der Waals surface area contributed by atoms with E-state index < -0.39 is 11.9 Å². The molecule has 0 aliphatic rings. The van der Waals surface area contributed by atoms with Crippen molar-refractivity contribution in [3.8, 4) is 5.75 Å². The van der Waals surface area contributed by atoms with E-state index >= 15 is 0 Å². The van der Waals surface area contributed by atoms with Crippen LogP contribution in [-0.4, -0.2) is 28.7 Å². The Kier molecular flexibility index (Phi) is 7.34. The van der Waals surface area contributed by atoms with E-state index in [4.69, 9.17) is 17.0 Å². The van der Waals surface area contributed by atoms with E-state index in [1.807, 2.05) is 26.0 Å². The number of aromatic carboxylic acids is 1. The summed E-state index contributed by atoms with van der Waals surface area (Å²) in [6.07, 6.45) is 0. The van der Waals surface area contributed by atoms with E-state index in [0.29, 0.717) is 14.7 Å². The number of anilines is 1. The smallest absolute Gasteiger partial charge is 0.337 e. The Bertz CT molecular complexity index is 918. The number of carboxylic acids is 1. The third-order valence-electron chi connectivity index (χ3n) is 3.63. The molecule has 1 amide bonds. The Balaban J connectivity index is 1.98. The zero-order valence-corrected chi connectivity index (χ0v) is 18.4. The molecule has 0 aliphatic carbocycles. The van der Waals surface area contributed by atoms with Crippen LogP contribution in [0.25, 0.3) is 0 Å². The van der Waals surface area contributed by atoms with Crippen molar-refractivity contribution in [3.63, 3.8) is 0 Å². The van der Waals surface area contributed by atoms with Gasteiger partial charge in [-0.15, -0.1) is 0 Å². The maximum Gasteiger partial charge on any atom is 0.337 e. The zero-order valence-electron chi connectivity index (χ0n) is 14.4. The highest BCUT2D eigenvalue weighted by Gasteiger charge is 2.16. The highest BCUT2D eigenvalue weighted by atomic mass is 79.9. The Morgan fingerprint density at radius 3 is 2.48 bits per heavy atom. The number of ether oxygens (including phenoxy) is 1. The first-order valence-electron chi connectivity index (χ1n) is 7.70. The predicted molar refractivity (Wildman–Crippen MR) is 115 cm³/mol. The monoisotopic (exact) mass is 514 g/mol. The molecule has 0 bridgehead atoms. The van der Waals surface area contributed by atoms with Crippen LogP contribution in [0, 0.1) is 13.8 Å². The van der Waals surface area contributed by atoms with Crippen molar-refractivity contribution in [3.05, 3.63) is 56.0 Å². The second-order valence-electron chi connectivity index (χ2n) is 5.65. The van der Waals surface area contributed by atoms with Crippen LogP contribution in [0.4, 0.5) is 5.69 Å². The summed E-state index contributed by atoms with van der Waals surface area (Å²) in [5.74, 6) is -1.02. The van der Waals surface area contributed by atoms with Crippen LogP contribution in [0.5, 0.6) is 5.75 Å². The number of thiocarbonyl (C=S) groups is 1. The first kappa shape index (κ1) is 21.3. The maximum atomic E-state index is 12.0. The number of carbonyl (C=O) groups excluding carboxylic acids is 1. The molecule has 0 fully saturated rings. The first-order chi connectivity index (χ1) is 12.7. The van der Waals surface area contributed by atoms with Crippen molar-refractivity contribution >= 4 is 66.8 Å². The molecular formula is C18H16Br2N2O4S. The number of halogens is 2. The van der Waals surface area contributed by atoms with Crippen molar-refractivity contribution in [2.24, 2.45) is 0 Å². The molecule has 2 aromatic rings. The summed E-state index contributed by atoms with van der Waals surface area (Å²) in [5, 5.41) is 14.5. The van der Waals surface area contributed by atoms with E-state index in [1.165, 1.54) is 6.07 Å². The van der Waals surface area contributed by atoms with E-state index in [2.05, 4.69) is 42.5 Å². The van der Waals surface area contributed by atoms with Crippen LogP contribution >= 0.6 is 44.1 Å². The van der Waals surface area contributed by atoms with Gasteiger partial charge < -0.3 is 15.2 Å². The molecule has 0 saturated heterocycles. The van der Waals surface area contributed by atoms with Crippen molar-refractivity contribution < 1.29 is 19.4 Å². The number of hydrogen-bond acceptors (Lipinski definition) is 4. The summed E-state index contributed by atoms with van der Waals surface area (Å²) in [6.45, 7) is 3.72. The average molecular weight is 516 g/mol. The number of rotatable bonds is 5. The van der Waals surface area contributed by atoms with Crippen molar-refractivity contribution in [2.75, 3.05) is 11.9 Å². The van der Waals surface area contributed by atoms with Gasteiger partial charge in [-0.25, -0.2) is 4.79 Å². The molecule has 2 rings (SSSR count). The van der Waals surface area contributed by atoms with Gasteiger partial charge in [0.15, 0.2) is 11.7 Å². The quantitative estimate of drug-likeness (QED) is 0.511. The molecule has 3 N–H and O–H groups in total. The highest BCUT2D eigenvalue weighted by molar-refractivity contribution is 9.11. The van der Waals surface area contributed by atoms with Gasteiger partial charge in [-0.3, -0.25) is 10.1 Å². The fourth-order valence-electron chi connectivity index (χ4n) is 2.13. The average Bonchev–Trinajstić information content (AvgIpc) is 2.58. The summed E-state index contributed by atoms with van der Waals surface area (Å²) in [6, 6.07) is 8.64. The molecule has 0 aromatic heterocycles. The molecule has 0 unspecified atom stereocenters. The zero-order chi connectivity index (χ0) is 20.1. The highest BCUT2D eigenvalue weighted by Crippen LogP contribution is 2.30. The lowest BCUT2D eigenvalue weighted by molar-refractivity contribution is -0.121. The van der Waals surface area contributed by atoms with E-state index in [9.17, 15) is 14.7 Å². The Labute approximate surface area is 178 Å². The molecule has 0 heterocycles. The van der Waals surface area contributed by atoms with Crippen LogP contribution in [-0.2, 0) is 4.79 Å². The Morgan fingerprint density at radius 2 is 1.85 bits per heavy atom. The van der Waals surface area contributed by atoms with Gasteiger partial charge in [0.1, 0.15) is 5.75 Å². The topological polar surface area (TPSA) is 87.7 Å². The van der Waals surface area contributed by atoms with E-state index in [-0.39, 0.29) is 23.0 Å². The van der Waals surface area contributed by atoms with E-state index in [0.717, 1.165) is 11.1 Å². The number of amides is 1. The van der Waals surface area contributed by atoms with Gasteiger partial charge in [0, 0.05) is 8.95 Å². The largest absolute Gasteiger partial charge is 0.484 e. The van der Waals surface area contributed by atoms with Gasteiger partial charge in [-0.1, -0.05) is 22.0 Å². The lowest BCUT2D eigenvalue weighted by atomic mass is 10.1. The summed E-state index contributed by atoms with van der Waals surface area (Å²) < 4.78 is 6.52. The normalized spacial score (nSPS) is 10.2. The molecule has 0 atom stereocenters. The number of nitrogens with one attached hydrogen (secondary N) is 2. The molecule has 0 spiro atoms. The molecule has 6 nitrogen and oxygen atoms in total. The molecule has 0 saturated carbocycles. The van der Waals surface area contributed by atoms with Crippen molar-refractivity contribution in [2.45, 2.75) is 13.8 Å². The second kappa shape index (κ2) is 9.29. The molecule has 2 aromatic carbocycles. The van der Waals surface area contributed by atoms with Crippen LogP contribution in [0.15, 0.2) is 39.3 Å². The minimum Gasteiger partial charge on any atom is -0.484 e. The van der Waals surface area contributed by atoms with Gasteiger partial charge in [0.25, 0.3) is 5.91 Å². The maximum absolute atomic E-state index is 12.0. The standard InChI is InChI=1S/C18H16Br2N2O4S/c1-9-3-4-12(5-10(9)2)26-8-15(23)21-18(27)22-16-13(17(24)25)6-11(19)7-14(16)20/h3-7H,8H2,1-2H3,(H,24,25)(H2,21,22,23,27). The predicted octanol–water partition coefficient (Wildman–Crippen LogP) is 4.42. The molecule has 142 valence electrons. The molecule has 0 radical (unpaired) electrons. The number of aryl methyl sites for hydroxylation is 2. The summed E-state index contributed by atoms with van der Waals surface area (Å²) >= 11 is 11.6. The van der Waals surface area contributed by atoms with Crippen LogP contribution in [0.1, 0.15) is 21.5 Å².